The number of aryl methyl sites for hydroxylation is 1. The van der Waals surface area contributed by atoms with Gasteiger partial charge in [0.2, 0.25) is 0 Å². The van der Waals surface area contributed by atoms with Crippen molar-refractivity contribution in [3.05, 3.63) is 50.6 Å². The number of thiophene rings is 1. The minimum atomic E-state index is -0.00683. The molecule has 110 valence electrons. The van der Waals surface area contributed by atoms with Crippen molar-refractivity contribution in [2.24, 2.45) is 0 Å². The van der Waals surface area contributed by atoms with Crippen molar-refractivity contribution in [3.8, 4) is 0 Å². The van der Waals surface area contributed by atoms with Crippen LogP contribution in [0.4, 0.5) is 10.5 Å². The molecule has 0 saturated carbocycles. The third-order valence-electron chi connectivity index (χ3n) is 3.79. The maximum atomic E-state index is 12.5. The van der Waals surface area contributed by atoms with Gasteiger partial charge in [0, 0.05) is 21.6 Å². The second-order valence-electron chi connectivity index (χ2n) is 5.26. The summed E-state index contributed by atoms with van der Waals surface area (Å²) in [6, 6.07) is 10.3. The first-order valence-corrected chi connectivity index (χ1v) is 8.69. The summed E-state index contributed by atoms with van der Waals surface area (Å²) in [6.07, 6.45) is 2.11. The molecule has 0 radical (unpaired) electrons. The van der Waals surface area contributed by atoms with E-state index in [1.807, 2.05) is 36.1 Å². The van der Waals surface area contributed by atoms with Crippen molar-refractivity contribution in [2.75, 3.05) is 11.9 Å². The minimum absolute atomic E-state index is 0.00683. The van der Waals surface area contributed by atoms with Crippen LogP contribution in [0.2, 0.25) is 0 Å². The molecule has 3 nitrogen and oxygen atoms in total. The molecule has 1 saturated heterocycles. The predicted octanol–water partition coefficient (Wildman–Crippen LogP) is 5.19. The molecule has 1 fully saturated rings. The Morgan fingerprint density at radius 3 is 3.00 bits per heavy atom. The highest BCUT2D eigenvalue weighted by Gasteiger charge is 2.30. The van der Waals surface area contributed by atoms with Gasteiger partial charge in [-0.1, -0.05) is 22.0 Å². The van der Waals surface area contributed by atoms with Crippen molar-refractivity contribution in [1.82, 2.24) is 4.90 Å². The molecule has 1 aromatic heterocycles. The van der Waals surface area contributed by atoms with E-state index >= 15 is 0 Å². The molecule has 1 unspecified atom stereocenters. The Hall–Kier alpha value is -1.33. The molecular weight excluding hydrogens is 348 g/mol. The van der Waals surface area contributed by atoms with E-state index in [1.54, 1.807) is 11.3 Å². The average molecular weight is 365 g/mol. The van der Waals surface area contributed by atoms with Gasteiger partial charge >= 0.3 is 6.03 Å². The van der Waals surface area contributed by atoms with Crippen LogP contribution in [-0.4, -0.2) is 17.5 Å². The van der Waals surface area contributed by atoms with E-state index in [9.17, 15) is 4.79 Å². The third kappa shape index (κ3) is 3.14. The summed E-state index contributed by atoms with van der Waals surface area (Å²) >= 11 is 5.20. The van der Waals surface area contributed by atoms with Crippen LogP contribution >= 0.6 is 27.3 Å². The van der Waals surface area contributed by atoms with Crippen molar-refractivity contribution in [1.29, 1.82) is 0 Å². The highest BCUT2D eigenvalue weighted by molar-refractivity contribution is 9.10. The Kier molecular flexibility index (Phi) is 4.31. The maximum absolute atomic E-state index is 12.5. The molecule has 2 heterocycles. The van der Waals surface area contributed by atoms with E-state index in [-0.39, 0.29) is 12.1 Å². The van der Waals surface area contributed by atoms with E-state index < -0.39 is 0 Å². The van der Waals surface area contributed by atoms with E-state index in [2.05, 4.69) is 32.7 Å². The quantitative estimate of drug-likeness (QED) is 0.781. The van der Waals surface area contributed by atoms with E-state index in [1.165, 1.54) is 4.88 Å². The van der Waals surface area contributed by atoms with Crippen LogP contribution in [0.15, 0.2) is 40.2 Å². The SMILES string of the molecule is Cc1cc(NC(=O)N2CCCC2c2cccs2)ccc1Br. The lowest BCUT2D eigenvalue weighted by Crippen LogP contribution is -2.34. The number of amides is 2. The lowest BCUT2D eigenvalue weighted by atomic mass is 10.2. The van der Waals surface area contributed by atoms with Crippen molar-refractivity contribution >= 4 is 39.0 Å². The van der Waals surface area contributed by atoms with Gasteiger partial charge in [0.25, 0.3) is 0 Å². The Labute approximate surface area is 137 Å². The van der Waals surface area contributed by atoms with Gasteiger partial charge in [0.15, 0.2) is 0 Å². The lowest BCUT2D eigenvalue weighted by molar-refractivity contribution is 0.208. The smallest absolute Gasteiger partial charge is 0.317 e. The Morgan fingerprint density at radius 1 is 1.43 bits per heavy atom. The molecule has 3 rings (SSSR count). The molecule has 1 aliphatic heterocycles. The normalized spacial score (nSPS) is 18.0. The number of benzene rings is 1. The largest absolute Gasteiger partial charge is 0.322 e. The fraction of sp³-hybridized carbons (Fsp3) is 0.312. The molecule has 1 atom stereocenters. The zero-order valence-electron chi connectivity index (χ0n) is 11.8. The molecule has 1 aliphatic rings. The maximum Gasteiger partial charge on any atom is 0.322 e. The molecule has 21 heavy (non-hydrogen) atoms. The Balaban J connectivity index is 1.73. The first kappa shape index (κ1) is 14.6. The van der Waals surface area contributed by atoms with Gasteiger partial charge in [0.05, 0.1) is 6.04 Å². The van der Waals surface area contributed by atoms with Crippen LogP contribution in [0, 0.1) is 6.92 Å². The summed E-state index contributed by atoms with van der Waals surface area (Å²) in [5, 5.41) is 5.09. The highest BCUT2D eigenvalue weighted by Crippen LogP contribution is 2.34. The van der Waals surface area contributed by atoms with E-state index in [4.69, 9.17) is 0 Å². The molecule has 2 aromatic rings. The molecule has 0 spiro atoms. The molecule has 0 aliphatic carbocycles. The first-order valence-electron chi connectivity index (χ1n) is 7.02. The summed E-state index contributed by atoms with van der Waals surface area (Å²) in [5.41, 5.74) is 1.96. The topological polar surface area (TPSA) is 32.3 Å². The van der Waals surface area contributed by atoms with Crippen LogP contribution < -0.4 is 5.32 Å². The molecule has 2 amide bonds. The van der Waals surface area contributed by atoms with Gasteiger partial charge in [-0.3, -0.25) is 0 Å². The molecule has 1 N–H and O–H groups in total. The second kappa shape index (κ2) is 6.20. The number of likely N-dealkylation sites (tertiary alicyclic amines) is 1. The van der Waals surface area contributed by atoms with Crippen molar-refractivity contribution in [3.63, 3.8) is 0 Å². The number of carbonyl (C=O) groups is 1. The van der Waals surface area contributed by atoms with Crippen LogP contribution in [-0.2, 0) is 0 Å². The summed E-state index contributed by atoms with van der Waals surface area (Å²) in [6.45, 7) is 2.84. The zero-order chi connectivity index (χ0) is 14.8. The van der Waals surface area contributed by atoms with Crippen LogP contribution in [0.5, 0.6) is 0 Å². The van der Waals surface area contributed by atoms with Crippen LogP contribution in [0.25, 0.3) is 0 Å². The fourth-order valence-corrected chi connectivity index (χ4v) is 3.82. The number of halogens is 1. The van der Waals surface area contributed by atoms with E-state index in [0.717, 1.165) is 35.1 Å². The van der Waals surface area contributed by atoms with Gasteiger partial charge in [-0.15, -0.1) is 11.3 Å². The van der Waals surface area contributed by atoms with Crippen LogP contribution in [0.1, 0.15) is 29.3 Å². The molecule has 5 heteroatoms. The third-order valence-corrected chi connectivity index (χ3v) is 5.66. The van der Waals surface area contributed by atoms with Gasteiger partial charge < -0.3 is 10.2 Å². The van der Waals surface area contributed by atoms with Crippen molar-refractivity contribution < 1.29 is 4.79 Å². The zero-order valence-corrected chi connectivity index (χ0v) is 14.2. The lowest BCUT2D eigenvalue weighted by Gasteiger charge is -2.24. The fourth-order valence-electron chi connectivity index (χ4n) is 2.70. The Morgan fingerprint density at radius 2 is 2.29 bits per heavy atom. The van der Waals surface area contributed by atoms with Gasteiger partial charge in [-0.05, 0) is 55.0 Å². The minimum Gasteiger partial charge on any atom is -0.317 e. The number of carbonyl (C=O) groups excluding carboxylic acids is 1. The van der Waals surface area contributed by atoms with E-state index in [0.29, 0.717) is 0 Å². The number of urea groups is 1. The summed E-state index contributed by atoms with van der Waals surface area (Å²) in [4.78, 5) is 15.7. The number of rotatable bonds is 2. The first-order chi connectivity index (χ1) is 10.1. The Bertz CT molecular complexity index is 642. The van der Waals surface area contributed by atoms with Crippen molar-refractivity contribution in [2.45, 2.75) is 25.8 Å². The van der Waals surface area contributed by atoms with Gasteiger partial charge in [-0.2, -0.15) is 0 Å². The number of hydrogen-bond donors (Lipinski definition) is 1. The standard InChI is InChI=1S/C16H17BrN2OS/c1-11-10-12(6-7-13(11)17)18-16(20)19-8-2-4-14(19)15-5-3-9-21-15/h3,5-7,9-10,14H,2,4,8H2,1H3,(H,18,20). The monoisotopic (exact) mass is 364 g/mol. The molecular formula is C16H17BrN2OS. The summed E-state index contributed by atoms with van der Waals surface area (Å²) < 4.78 is 1.05. The van der Waals surface area contributed by atoms with Gasteiger partial charge in [0.1, 0.15) is 0 Å². The summed E-state index contributed by atoms with van der Waals surface area (Å²) in [7, 11) is 0. The predicted molar refractivity (Wildman–Crippen MR) is 90.9 cm³/mol. The number of anilines is 1. The molecule has 1 aromatic carbocycles. The number of nitrogens with one attached hydrogen (secondary N) is 1. The second-order valence-corrected chi connectivity index (χ2v) is 7.09. The summed E-state index contributed by atoms with van der Waals surface area (Å²) in [5.74, 6) is 0. The average Bonchev–Trinajstić information content (AvgIpc) is 3.12. The number of hydrogen-bond acceptors (Lipinski definition) is 2. The van der Waals surface area contributed by atoms with Crippen LogP contribution in [0.3, 0.4) is 0 Å². The highest BCUT2D eigenvalue weighted by atomic mass is 79.9. The van der Waals surface area contributed by atoms with Gasteiger partial charge in [-0.25, -0.2) is 4.79 Å². The number of nitrogens with zero attached hydrogens (tertiary/aromatic N) is 1. The molecule has 0 bridgehead atoms.